The predicted octanol–water partition coefficient (Wildman–Crippen LogP) is -0.344. The summed E-state index contributed by atoms with van der Waals surface area (Å²) < 4.78 is 9.68. The molecule has 1 aliphatic heterocycles. The normalized spacial score (nSPS) is 18.3. The average Bonchev–Trinajstić information content (AvgIpc) is 2.90. The van der Waals surface area contributed by atoms with Gasteiger partial charge < -0.3 is 20.1 Å². The van der Waals surface area contributed by atoms with Crippen molar-refractivity contribution in [2.75, 3.05) is 13.2 Å². The molecule has 0 radical (unpaired) electrons. The number of carbonyl (C=O) groups excluding carboxylic acids is 4. The highest BCUT2D eigenvalue weighted by Gasteiger charge is 2.31. The van der Waals surface area contributed by atoms with Crippen molar-refractivity contribution in [3.8, 4) is 0 Å². The van der Waals surface area contributed by atoms with Gasteiger partial charge in [-0.1, -0.05) is 0 Å². The molecule has 0 aromatic heterocycles. The number of rotatable bonds is 8. The molecule has 8 heteroatoms. The van der Waals surface area contributed by atoms with Gasteiger partial charge in [-0.25, -0.2) is 4.79 Å². The highest BCUT2D eigenvalue weighted by atomic mass is 16.5. The van der Waals surface area contributed by atoms with Crippen molar-refractivity contribution >= 4 is 23.8 Å². The van der Waals surface area contributed by atoms with E-state index in [4.69, 9.17) is 9.47 Å². The van der Waals surface area contributed by atoms with E-state index in [0.29, 0.717) is 6.42 Å². The Labute approximate surface area is 128 Å². The summed E-state index contributed by atoms with van der Waals surface area (Å²) in [6.45, 7) is 3.76. The van der Waals surface area contributed by atoms with Crippen LogP contribution in [0.2, 0.25) is 0 Å². The molecule has 0 aromatic rings. The quantitative estimate of drug-likeness (QED) is 0.593. The first kappa shape index (κ1) is 17.9. The third-order valence-electron chi connectivity index (χ3n) is 3.14. The van der Waals surface area contributed by atoms with Crippen LogP contribution in [0, 0.1) is 0 Å². The van der Waals surface area contributed by atoms with Gasteiger partial charge in [0.25, 0.3) is 0 Å². The summed E-state index contributed by atoms with van der Waals surface area (Å²) in [6.07, 6.45) is 0.752. The molecule has 1 heterocycles. The molecule has 0 saturated carbocycles. The predicted molar refractivity (Wildman–Crippen MR) is 75.6 cm³/mol. The van der Waals surface area contributed by atoms with Crippen LogP contribution in [0.1, 0.15) is 39.5 Å². The fraction of sp³-hybridized carbons (Fsp3) is 0.714. The molecule has 0 unspecified atom stereocenters. The van der Waals surface area contributed by atoms with Crippen molar-refractivity contribution in [3.63, 3.8) is 0 Å². The van der Waals surface area contributed by atoms with Crippen LogP contribution in [0.25, 0.3) is 0 Å². The summed E-state index contributed by atoms with van der Waals surface area (Å²) in [5, 5.41) is 5.05. The SMILES string of the molecule is CCOC(=O)CC[C@H](NC(=O)[C@H]1CCC(=O)N1)C(=O)OCC. The van der Waals surface area contributed by atoms with Crippen LogP contribution < -0.4 is 10.6 Å². The molecule has 0 bridgehead atoms. The van der Waals surface area contributed by atoms with Crippen LogP contribution in [0.5, 0.6) is 0 Å². The van der Waals surface area contributed by atoms with Crippen molar-refractivity contribution in [1.29, 1.82) is 0 Å². The molecule has 2 atom stereocenters. The third kappa shape index (κ3) is 5.71. The molecular formula is C14H22N2O6. The topological polar surface area (TPSA) is 111 Å². The lowest BCUT2D eigenvalue weighted by Crippen LogP contribution is -2.49. The molecule has 124 valence electrons. The number of ether oxygens (including phenoxy) is 2. The van der Waals surface area contributed by atoms with Crippen molar-refractivity contribution in [1.82, 2.24) is 10.6 Å². The highest BCUT2D eigenvalue weighted by Crippen LogP contribution is 2.08. The first-order chi connectivity index (χ1) is 10.5. The van der Waals surface area contributed by atoms with E-state index >= 15 is 0 Å². The summed E-state index contributed by atoms with van der Waals surface area (Å²) in [6, 6.07) is -1.58. The van der Waals surface area contributed by atoms with Crippen molar-refractivity contribution in [3.05, 3.63) is 0 Å². The minimum absolute atomic E-state index is 0.00533. The van der Waals surface area contributed by atoms with E-state index in [1.165, 1.54) is 0 Å². The van der Waals surface area contributed by atoms with Crippen LogP contribution in [0.15, 0.2) is 0 Å². The van der Waals surface area contributed by atoms with Gasteiger partial charge in [-0.05, 0) is 26.7 Å². The van der Waals surface area contributed by atoms with Crippen LogP contribution in [-0.2, 0) is 28.7 Å². The Morgan fingerprint density at radius 2 is 1.95 bits per heavy atom. The Hall–Kier alpha value is -2.12. The van der Waals surface area contributed by atoms with Gasteiger partial charge in [0, 0.05) is 12.8 Å². The molecule has 0 aliphatic carbocycles. The maximum Gasteiger partial charge on any atom is 0.328 e. The first-order valence-corrected chi connectivity index (χ1v) is 7.39. The Morgan fingerprint density at radius 3 is 2.50 bits per heavy atom. The maximum absolute atomic E-state index is 12.0. The van der Waals surface area contributed by atoms with Crippen LogP contribution in [0.4, 0.5) is 0 Å². The lowest BCUT2D eigenvalue weighted by Gasteiger charge is -2.19. The highest BCUT2D eigenvalue weighted by molar-refractivity contribution is 5.93. The van der Waals surface area contributed by atoms with E-state index in [1.54, 1.807) is 13.8 Å². The maximum atomic E-state index is 12.0. The zero-order valence-corrected chi connectivity index (χ0v) is 12.8. The summed E-state index contributed by atoms with van der Waals surface area (Å²) in [5.74, 6) is -1.70. The number of amides is 2. The van der Waals surface area contributed by atoms with E-state index in [-0.39, 0.29) is 38.4 Å². The Balaban J connectivity index is 2.57. The number of esters is 2. The van der Waals surface area contributed by atoms with Crippen molar-refractivity contribution in [2.45, 2.75) is 51.6 Å². The van der Waals surface area contributed by atoms with Crippen molar-refractivity contribution in [2.24, 2.45) is 0 Å². The average molecular weight is 314 g/mol. The molecular weight excluding hydrogens is 292 g/mol. The largest absolute Gasteiger partial charge is 0.466 e. The molecule has 0 aromatic carbocycles. The first-order valence-electron chi connectivity index (χ1n) is 7.39. The number of carbonyl (C=O) groups is 4. The second-order valence-electron chi connectivity index (χ2n) is 4.82. The number of nitrogens with one attached hydrogen (secondary N) is 2. The van der Waals surface area contributed by atoms with Crippen LogP contribution in [0.3, 0.4) is 0 Å². The lowest BCUT2D eigenvalue weighted by atomic mass is 10.1. The number of hydrogen-bond donors (Lipinski definition) is 2. The Kier molecular flexibility index (Phi) is 7.34. The molecule has 1 fully saturated rings. The summed E-state index contributed by atoms with van der Waals surface area (Å²) in [5.41, 5.74) is 0. The lowest BCUT2D eigenvalue weighted by molar-refractivity contribution is -0.149. The van der Waals surface area contributed by atoms with Crippen LogP contribution in [-0.4, -0.2) is 49.1 Å². The smallest absolute Gasteiger partial charge is 0.328 e. The van der Waals surface area contributed by atoms with Crippen LogP contribution >= 0.6 is 0 Å². The standard InChI is InChI=1S/C14H22N2O6/c1-3-21-12(18)8-6-10(14(20)22-4-2)16-13(19)9-5-7-11(17)15-9/h9-10H,3-8H2,1-2H3,(H,15,17)(H,16,19)/t9-,10+/m1/s1. The Morgan fingerprint density at radius 1 is 1.27 bits per heavy atom. The van der Waals surface area contributed by atoms with Gasteiger partial charge in [-0.15, -0.1) is 0 Å². The molecule has 2 N–H and O–H groups in total. The summed E-state index contributed by atoms with van der Waals surface area (Å²) in [7, 11) is 0. The summed E-state index contributed by atoms with van der Waals surface area (Å²) in [4.78, 5) is 46.4. The second-order valence-corrected chi connectivity index (χ2v) is 4.82. The third-order valence-corrected chi connectivity index (χ3v) is 3.14. The summed E-state index contributed by atoms with van der Waals surface area (Å²) >= 11 is 0. The van der Waals surface area contributed by atoms with Gasteiger partial charge in [0.1, 0.15) is 12.1 Å². The van der Waals surface area contributed by atoms with Gasteiger partial charge in [-0.3, -0.25) is 14.4 Å². The molecule has 1 aliphatic rings. The Bertz CT molecular complexity index is 437. The van der Waals surface area contributed by atoms with Gasteiger partial charge in [0.15, 0.2) is 0 Å². The van der Waals surface area contributed by atoms with Gasteiger partial charge in [-0.2, -0.15) is 0 Å². The van der Waals surface area contributed by atoms with Gasteiger partial charge in [0.2, 0.25) is 11.8 Å². The minimum atomic E-state index is -0.936. The van der Waals surface area contributed by atoms with E-state index in [1.807, 2.05) is 0 Å². The van der Waals surface area contributed by atoms with E-state index < -0.39 is 29.9 Å². The molecule has 8 nitrogen and oxygen atoms in total. The van der Waals surface area contributed by atoms with Crippen molar-refractivity contribution < 1.29 is 28.7 Å². The van der Waals surface area contributed by atoms with E-state index in [0.717, 1.165) is 0 Å². The van der Waals surface area contributed by atoms with Gasteiger partial charge >= 0.3 is 11.9 Å². The molecule has 1 rings (SSSR count). The molecule has 22 heavy (non-hydrogen) atoms. The monoisotopic (exact) mass is 314 g/mol. The molecule has 2 amide bonds. The molecule has 0 spiro atoms. The second kappa shape index (κ2) is 9.01. The fourth-order valence-electron chi connectivity index (χ4n) is 2.07. The molecule has 1 saturated heterocycles. The zero-order valence-electron chi connectivity index (χ0n) is 12.8. The number of hydrogen-bond acceptors (Lipinski definition) is 6. The van der Waals surface area contributed by atoms with E-state index in [9.17, 15) is 19.2 Å². The zero-order chi connectivity index (χ0) is 16.5. The van der Waals surface area contributed by atoms with E-state index in [2.05, 4.69) is 10.6 Å². The minimum Gasteiger partial charge on any atom is -0.466 e. The van der Waals surface area contributed by atoms with Gasteiger partial charge in [0.05, 0.1) is 13.2 Å². The fourth-order valence-corrected chi connectivity index (χ4v) is 2.07.